The number of amides is 1. The number of H-pyrrole nitrogens is 1. The lowest BCUT2D eigenvalue weighted by Gasteiger charge is -1.88. The van der Waals surface area contributed by atoms with E-state index in [2.05, 4.69) is 4.98 Å². The number of hydrogen-bond acceptors (Lipinski definition) is 2. The Morgan fingerprint density at radius 3 is 2.67 bits per heavy atom. The van der Waals surface area contributed by atoms with Gasteiger partial charge >= 0.3 is 0 Å². The molecule has 4 nitrogen and oxygen atoms in total. The summed E-state index contributed by atoms with van der Waals surface area (Å²) in [6.45, 7) is 1.66. The van der Waals surface area contributed by atoms with Crippen molar-refractivity contribution in [2.24, 2.45) is 5.73 Å². The molecule has 0 radical (unpaired) electrons. The number of carbonyl (C=O) groups is 1. The number of halogens is 1. The lowest BCUT2D eigenvalue weighted by Crippen LogP contribution is -2.12. The van der Waals surface area contributed by atoms with Crippen molar-refractivity contribution in [1.82, 2.24) is 4.98 Å². The highest BCUT2D eigenvalue weighted by molar-refractivity contribution is 6.33. The Balaban J connectivity index is 3.42. The fourth-order valence-corrected chi connectivity index (χ4v) is 1.08. The van der Waals surface area contributed by atoms with Crippen LogP contribution in [-0.4, -0.2) is 10.9 Å². The summed E-state index contributed by atoms with van der Waals surface area (Å²) in [5.41, 5.74) is 5.75. The maximum Gasteiger partial charge on any atom is 0.266 e. The predicted octanol–water partition coefficient (Wildman–Crippen LogP) is 0.947. The zero-order valence-electron chi connectivity index (χ0n) is 6.31. The molecule has 0 spiro atoms. The first kappa shape index (κ1) is 8.62. The molecule has 0 unspecified atom stereocenters. The van der Waals surface area contributed by atoms with Crippen molar-refractivity contribution >= 4 is 17.5 Å². The lowest BCUT2D eigenvalue weighted by molar-refractivity contribution is 0.0996. The zero-order chi connectivity index (χ0) is 9.30. The molecule has 1 rings (SSSR count). The number of nitrogens with two attached hydrogens (primary N) is 1. The Morgan fingerprint density at radius 2 is 2.33 bits per heavy atom. The molecule has 0 atom stereocenters. The van der Waals surface area contributed by atoms with Crippen LogP contribution in [0.5, 0.6) is 0 Å². The summed E-state index contributed by atoms with van der Waals surface area (Å²) in [6, 6.07) is 1.80. The summed E-state index contributed by atoms with van der Waals surface area (Å²) in [6.07, 6.45) is 0. The van der Waals surface area contributed by atoms with E-state index < -0.39 is 5.91 Å². The average molecular weight is 184 g/mol. The van der Waals surface area contributed by atoms with Crippen molar-refractivity contribution in [2.45, 2.75) is 6.92 Å². The van der Waals surface area contributed by atoms with Gasteiger partial charge in [0.15, 0.2) is 0 Å². The molecule has 0 aliphatic rings. The van der Waals surface area contributed by atoms with Crippen LogP contribution in [0.2, 0.25) is 5.02 Å². The number of nitriles is 1. The lowest BCUT2D eigenvalue weighted by atomic mass is 10.2. The SMILES string of the molecule is Cc1[nH]c(C(N)=O)c(C#N)c1Cl. The first-order valence-corrected chi connectivity index (χ1v) is 3.53. The highest BCUT2D eigenvalue weighted by Gasteiger charge is 2.16. The molecule has 0 aliphatic carbocycles. The van der Waals surface area contributed by atoms with Gasteiger partial charge in [-0.1, -0.05) is 11.6 Å². The van der Waals surface area contributed by atoms with E-state index in [4.69, 9.17) is 22.6 Å². The second kappa shape index (κ2) is 2.88. The first-order valence-electron chi connectivity index (χ1n) is 3.16. The first-order chi connectivity index (χ1) is 5.57. The molecule has 5 heteroatoms. The van der Waals surface area contributed by atoms with Crippen LogP contribution in [0, 0.1) is 18.3 Å². The van der Waals surface area contributed by atoms with E-state index >= 15 is 0 Å². The molecular formula is C7H6ClN3O. The summed E-state index contributed by atoms with van der Waals surface area (Å²) in [5, 5.41) is 8.86. The molecule has 0 saturated heterocycles. The van der Waals surface area contributed by atoms with E-state index in [1.165, 1.54) is 0 Å². The van der Waals surface area contributed by atoms with E-state index in [-0.39, 0.29) is 16.3 Å². The van der Waals surface area contributed by atoms with Crippen LogP contribution in [0.25, 0.3) is 0 Å². The van der Waals surface area contributed by atoms with Gasteiger partial charge in [-0.15, -0.1) is 0 Å². The van der Waals surface area contributed by atoms with E-state index in [9.17, 15) is 4.79 Å². The van der Waals surface area contributed by atoms with Gasteiger partial charge in [-0.3, -0.25) is 4.79 Å². The number of nitrogens with one attached hydrogen (secondary N) is 1. The number of nitrogens with zero attached hydrogens (tertiary/aromatic N) is 1. The third-order valence-corrected chi connectivity index (χ3v) is 1.94. The minimum Gasteiger partial charge on any atom is -0.364 e. The van der Waals surface area contributed by atoms with E-state index in [1.54, 1.807) is 13.0 Å². The van der Waals surface area contributed by atoms with Crippen molar-refractivity contribution in [3.05, 3.63) is 22.0 Å². The molecule has 62 valence electrons. The van der Waals surface area contributed by atoms with Crippen LogP contribution in [0.1, 0.15) is 21.7 Å². The van der Waals surface area contributed by atoms with Gasteiger partial charge in [0.1, 0.15) is 17.3 Å². The minimum atomic E-state index is -0.679. The molecule has 0 fully saturated rings. The van der Waals surface area contributed by atoms with Crippen molar-refractivity contribution in [2.75, 3.05) is 0 Å². The van der Waals surface area contributed by atoms with Gasteiger partial charge in [0.2, 0.25) is 0 Å². The minimum absolute atomic E-state index is 0.0694. The highest BCUT2D eigenvalue weighted by atomic mass is 35.5. The normalized spacial score (nSPS) is 9.42. The molecule has 1 amide bonds. The van der Waals surface area contributed by atoms with Gasteiger partial charge in [0, 0.05) is 5.69 Å². The van der Waals surface area contributed by atoms with E-state index in [0.717, 1.165) is 0 Å². The van der Waals surface area contributed by atoms with Gasteiger partial charge < -0.3 is 10.7 Å². The summed E-state index contributed by atoms with van der Waals surface area (Å²) < 4.78 is 0. The number of primary amides is 1. The van der Waals surface area contributed by atoms with Gasteiger partial charge in [-0.2, -0.15) is 5.26 Å². The van der Waals surface area contributed by atoms with Crippen molar-refractivity contribution in [3.8, 4) is 6.07 Å². The van der Waals surface area contributed by atoms with Crippen molar-refractivity contribution in [1.29, 1.82) is 5.26 Å². The van der Waals surface area contributed by atoms with Crippen molar-refractivity contribution in [3.63, 3.8) is 0 Å². The Labute approximate surface area is 73.9 Å². The molecule has 0 bridgehead atoms. The average Bonchev–Trinajstić information content (AvgIpc) is 2.29. The largest absolute Gasteiger partial charge is 0.364 e. The van der Waals surface area contributed by atoms with Gasteiger partial charge in [0.05, 0.1) is 5.02 Å². The van der Waals surface area contributed by atoms with Crippen LogP contribution in [0.3, 0.4) is 0 Å². The molecule has 1 aromatic rings. The zero-order valence-corrected chi connectivity index (χ0v) is 7.07. The van der Waals surface area contributed by atoms with Crippen LogP contribution in [-0.2, 0) is 0 Å². The number of rotatable bonds is 1. The number of hydrogen-bond donors (Lipinski definition) is 2. The Morgan fingerprint density at radius 1 is 1.75 bits per heavy atom. The fraction of sp³-hybridized carbons (Fsp3) is 0.143. The molecule has 12 heavy (non-hydrogen) atoms. The molecule has 0 aliphatic heterocycles. The molecule has 0 saturated carbocycles. The summed E-state index contributed by atoms with van der Waals surface area (Å²) in [5.74, 6) is -0.679. The van der Waals surface area contributed by atoms with Crippen LogP contribution >= 0.6 is 11.6 Å². The van der Waals surface area contributed by atoms with E-state index in [0.29, 0.717) is 5.69 Å². The molecular weight excluding hydrogens is 178 g/mol. The van der Waals surface area contributed by atoms with Crippen LogP contribution in [0.4, 0.5) is 0 Å². The second-order valence-corrected chi connectivity index (χ2v) is 2.67. The van der Waals surface area contributed by atoms with E-state index in [1.807, 2.05) is 0 Å². The topological polar surface area (TPSA) is 82.7 Å². The Bertz CT molecular complexity index is 375. The summed E-state index contributed by atoms with van der Waals surface area (Å²) in [7, 11) is 0. The fourth-order valence-electron chi connectivity index (χ4n) is 0.892. The maximum absolute atomic E-state index is 10.7. The smallest absolute Gasteiger partial charge is 0.266 e. The molecule has 1 aromatic heterocycles. The Kier molecular flexibility index (Phi) is 2.07. The molecule has 3 N–H and O–H groups in total. The summed E-state index contributed by atoms with van der Waals surface area (Å²) >= 11 is 5.70. The number of aromatic amines is 1. The van der Waals surface area contributed by atoms with Crippen LogP contribution in [0.15, 0.2) is 0 Å². The summed E-state index contributed by atoms with van der Waals surface area (Å²) in [4.78, 5) is 13.4. The highest BCUT2D eigenvalue weighted by Crippen LogP contribution is 2.22. The Hall–Kier alpha value is -1.47. The van der Waals surface area contributed by atoms with Gasteiger partial charge in [0.25, 0.3) is 5.91 Å². The predicted molar refractivity (Wildman–Crippen MR) is 43.8 cm³/mol. The third kappa shape index (κ3) is 1.15. The standard InChI is InChI=1S/C7H6ClN3O/c1-3-5(8)4(2-9)6(11-3)7(10)12/h11H,1H3,(H2,10,12). The number of carbonyl (C=O) groups excluding carboxylic acids is 1. The van der Waals surface area contributed by atoms with Gasteiger partial charge in [-0.05, 0) is 6.92 Å². The maximum atomic E-state index is 10.7. The number of aromatic nitrogens is 1. The number of aryl methyl sites for hydroxylation is 1. The van der Waals surface area contributed by atoms with Gasteiger partial charge in [-0.25, -0.2) is 0 Å². The third-order valence-electron chi connectivity index (χ3n) is 1.47. The molecule has 0 aromatic carbocycles. The quantitative estimate of drug-likeness (QED) is 0.680. The molecule has 1 heterocycles. The van der Waals surface area contributed by atoms with Crippen LogP contribution < -0.4 is 5.73 Å². The second-order valence-electron chi connectivity index (χ2n) is 2.29. The van der Waals surface area contributed by atoms with Crippen molar-refractivity contribution < 1.29 is 4.79 Å². The monoisotopic (exact) mass is 183 g/mol.